The molecule has 0 radical (unpaired) electrons. The normalized spacial score (nSPS) is 10.8. The number of nitrogens with one attached hydrogen (secondary N) is 2. The van der Waals surface area contributed by atoms with E-state index in [1.807, 2.05) is 6.92 Å². The number of amides is 2. The van der Waals surface area contributed by atoms with E-state index in [1.165, 1.54) is 4.90 Å². The summed E-state index contributed by atoms with van der Waals surface area (Å²) in [5.41, 5.74) is 0. The molecule has 1 unspecified atom stereocenters. The van der Waals surface area contributed by atoms with Crippen molar-refractivity contribution in [3.63, 3.8) is 0 Å². The number of aliphatic hydroxyl groups excluding tert-OH is 1. The Morgan fingerprint density at radius 1 is 0.756 bits per heavy atom. The van der Waals surface area contributed by atoms with Gasteiger partial charge in [-0.05, 0) is 32.2 Å². The van der Waals surface area contributed by atoms with E-state index in [2.05, 4.69) is 17.6 Å². The van der Waals surface area contributed by atoms with Gasteiger partial charge in [0, 0.05) is 20.1 Å². The third-order valence-corrected chi connectivity index (χ3v) is 5.05. The van der Waals surface area contributed by atoms with E-state index in [1.54, 1.807) is 0 Å². The molecule has 0 saturated carbocycles. The zero-order valence-electron chi connectivity index (χ0n) is 24.0. The second-order valence-corrected chi connectivity index (χ2v) is 8.56. The molecular formula is C25H46N4O12. The Morgan fingerprint density at radius 2 is 1.32 bits per heavy atom. The third kappa shape index (κ3) is 27.7. The zero-order valence-corrected chi connectivity index (χ0v) is 24.0. The average Bonchev–Trinajstić information content (AvgIpc) is 2.88. The van der Waals surface area contributed by atoms with Gasteiger partial charge in [-0.25, -0.2) is 0 Å². The molecule has 0 rings (SSSR count). The molecule has 16 heteroatoms. The van der Waals surface area contributed by atoms with Gasteiger partial charge in [0.05, 0.1) is 32.2 Å². The molecule has 0 spiro atoms. The van der Waals surface area contributed by atoms with Crippen LogP contribution in [0.5, 0.6) is 0 Å². The monoisotopic (exact) mass is 594 g/mol. The molecule has 0 aliphatic carbocycles. The molecule has 0 heterocycles. The molecule has 0 aromatic carbocycles. The van der Waals surface area contributed by atoms with Crippen LogP contribution in [0, 0.1) is 0 Å². The number of carboxylic acids is 4. The van der Waals surface area contributed by atoms with Crippen LogP contribution in [0.2, 0.25) is 0 Å². The number of aliphatic carboxylic acids is 4. The average molecular weight is 595 g/mol. The lowest BCUT2D eigenvalue weighted by molar-refractivity contribution is -0.143. The lowest BCUT2D eigenvalue weighted by Gasteiger charge is -2.28. The number of unbranched alkanes of at least 4 members (excludes halogenated alkanes) is 2. The van der Waals surface area contributed by atoms with Crippen LogP contribution >= 0.6 is 0 Å². The summed E-state index contributed by atoms with van der Waals surface area (Å²) in [5.74, 6) is -5.54. The quantitative estimate of drug-likeness (QED) is 0.0592. The van der Waals surface area contributed by atoms with E-state index >= 15 is 0 Å². The Labute approximate surface area is 239 Å². The van der Waals surface area contributed by atoms with Gasteiger partial charge in [-0.3, -0.25) is 38.6 Å². The van der Waals surface area contributed by atoms with E-state index in [-0.39, 0.29) is 31.8 Å². The molecule has 1 atom stereocenters. The fourth-order valence-corrected chi connectivity index (χ4v) is 3.32. The number of carbonyl (C=O) groups is 7. The first kappa shape index (κ1) is 41.8. The van der Waals surface area contributed by atoms with Crippen molar-refractivity contribution in [2.75, 3.05) is 52.9 Å². The molecular weight excluding hydrogens is 548 g/mol. The van der Waals surface area contributed by atoms with E-state index in [0.29, 0.717) is 19.1 Å². The molecule has 0 aliphatic rings. The van der Waals surface area contributed by atoms with Crippen molar-refractivity contribution in [3.05, 3.63) is 0 Å². The standard InChI is InChI=1S/C16H25N3O10.C8H17NO.CH4O/c20-6-5-19(10-15(27)28)11(16(29)17-7-12(21)22)3-1-2-4-18(8-13(23)24)9-14(25)26;1-3-5-7-9-8(10)6-4-2;1-2/h6,11H,1-5,7-10H2,(H,17,29)(H,21,22)(H,23,24)(H,25,26)(H,27,28);3-7H2,1-2H3,(H,9,10);2H,1H3. The highest BCUT2D eigenvalue weighted by atomic mass is 16.4. The number of carbonyl (C=O) groups excluding carboxylic acids is 3. The number of aldehydes is 1. The number of hydrogen-bond donors (Lipinski definition) is 7. The van der Waals surface area contributed by atoms with E-state index in [4.69, 9.17) is 25.5 Å². The Bertz CT molecular complexity index is 779. The van der Waals surface area contributed by atoms with Crippen molar-refractivity contribution in [2.24, 2.45) is 0 Å². The van der Waals surface area contributed by atoms with Crippen molar-refractivity contribution in [1.29, 1.82) is 0 Å². The zero-order chi connectivity index (χ0) is 32.2. The largest absolute Gasteiger partial charge is 0.480 e. The minimum absolute atomic E-state index is 0.0561. The van der Waals surface area contributed by atoms with Crippen LogP contribution in [0.4, 0.5) is 0 Å². The summed E-state index contributed by atoms with van der Waals surface area (Å²) < 4.78 is 0. The molecule has 238 valence electrons. The van der Waals surface area contributed by atoms with Crippen LogP contribution in [0.25, 0.3) is 0 Å². The van der Waals surface area contributed by atoms with Crippen molar-refractivity contribution in [1.82, 2.24) is 20.4 Å². The Balaban J connectivity index is -0.00000101. The van der Waals surface area contributed by atoms with Gasteiger partial charge in [0.1, 0.15) is 12.8 Å². The number of hydrogen-bond acceptors (Lipinski definition) is 10. The van der Waals surface area contributed by atoms with Crippen molar-refractivity contribution >= 4 is 42.0 Å². The van der Waals surface area contributed by atoms with Gasteiger partial charge in [-0.2, -0.15) is 0 Å². The molecule has 7 N–H and O–H groups in total. The van der Waals surface area contributed by atoms with Gasteiger partial charge in [-0.15, -0.1) is 0 Å². The van der Waals surface area contributed by atoms with Crippen LogP contribution in [0.15, 0.2) is 0 Å². The predicted molar refractivity (Wildman–Crippen MR) is 146 cm³/mol. The van der Waals surface area contributed by atoms with Crippen molar-refractivity contribution in [2.45, 2.75) is 64.8 Å². The highest BCUT2D eigenvalue weighted by Crippen LogP contribution is 2.10. The SMILES string of the molecule is CCCCNC(=O)CCC.CO.O=CCN(CC(=O)O)C(CCCCN(CC(=O)O)CC(=O)O)C(=O)NCC(=O)O. The lowest BCUT2D eigenvalue weighted by atomic mass is 10.1. The molecule has 0 aliphatic heterocycles. The minimum Gasteiger partial charge on any atom is -0.480 e. The fraction of sp³-hybridized carbons (Fsp3) is 0.720. The second kappa shape index (κ2) is 27.9. The summed E-state index contributed by atoms with van der Waals surface area (Å²) in [6.45, 7) is 2.46. The van der Waals surface area contributed by atoms with Gasteiger partial charge in [0.2, 0.25) is 11.8 Å². The van der Waals surface area contributed by atoms with Gasteiger partial charge in [0.15, 0.2) is 0 Å². The first-order valence-electron chi connectivity index (χ1n) is 13.1. The minimum atomic E-state index is -1.30. The number of nitrogens with zero attached hydrogens (tertiary/aromatic N) is 2. The van der Waals surface area contributed by atoms with Crippen LogP contribution < -0.4 is 10.6 Å². The molecule has 41 heavy (non-hydrogen) atoms. The van der Waals surface area contributed by atoms with Gasteiger partial charge in [-0.1, -0.05) is 26.7 Å². The van der Waals surface area contributed by atoms with E-state index < -0.39 is 62.0 Å². The molecule has 0 bridgehead atoms. The maximum absolute atomic E-state index is 12.3. The molecule has 0 aromatic heterocycles. The predicted octanol–water partition coefficient (Wildman–Crippen LogP) is -0.906. The lowest BCUT2D eigenvalue weighted by Crippen LogP contribution is -2.50. The maximum Gasteiger partial charge on any atom is 0.322 e. The maximum atomic E-state index is 12.3. The van der Waals surface area contributed by atoms with Crippen LogP contribution in [0.3, 0.4) is 0 Å². The Hall–Kier alpha value is -3.63. The second-order valence-electron chi connectivity index (χ2n) is 8.56. The summed E-state index contributed by atoms with van der Waals surface area (Å²) in [5, 5.41) is 47.2. The van der Waals surface area contributed by atoms with Gasteiger partial charge in [0.25, 0.3) is 0 Å². The van der Waals surface area contributed by atoms with E-state index in [9.17, 15) is 33.6 Å². The molecule has 0 aromatic rings. The third-order valence-electron chi connectivity index (χ3n) is 5.05. The highest BCUT2D eigenvalue weighted by Gasteiger charge is 2.27. The molecule has 16 nitrogen and oxygen atoms in total. The summed E-state index contributed by atoms with van der Waals surface area (Å²) in [7, 11) is 1.00. The summed E-state index contributed by atoms with van der Waals surface area (Å²) in [4.78, 5) is 79.4. The first-order valence-corrected chi connectivity index (χ1v) is 13.1. The topological polar surface area (TPSA) is 251 Å². The molecule has 0 saturated heterocycles. The number of carboxylic acid groups (broad SMARTS) is 4. The van der Waals surface area contributed by atoms with Crippen LogP contribution in [-0.2, 0) is 33.6 Å². The Kier molecular flexibility index (Phi) is 28.5. The highest BCUT2D eigenvalue weighted by molar-refractivity contribution is 5.86. The summed E-state index contributed by atoms with van der Waals surface area (Å²) in [6.07, 6.45) is 4.90. The van der Waals surface area contributed by atoms with Crippen molar-refractivity contribution < 1.29 is 59.1 Å². The summed E-state index contributed by atoms with van der Waals surface area (Å²) >= 11 is 0. The van der Waals surface area contributed by atoms with E-state index in [0.717, 1.165) is 37.8 Å². The van der Waals surface area contributed by atoms with Crippen molar-refractivity contribution in [3.8, 4) is 0 Å². The molecule has 0 fully saturated rings. The van der Waals surface area contributed by atoms with Crippen LogP contribution in [-0.4, -0.2) is 136 Å². The smallest absolute Gasteiger partial charge is 0.322 e. The number of aliphatic hydroxyl groups is 1. The number of rotatable bonds is 22. The Morgan fingerprint density at radius 3 is 1.76 bits per heavy atom. The summed E-state index contributed by atoms with van der Waals surface area (Å²) in [6, 6.07) is -1.09. The van der Waals surface area contributed by atoms with Gasteiger partial charge < -0.3 is 41.0 Å². The molecule has 2 amide bonds. The van der Waals surface area contributed by atoms with Crippen LogP contribution in [0.1, 0.15) is 58.8 Å². The van der Waals surface area contributed by atoms with Gasteiger partial charge >= 0.3 is 23.9 Å². The first-order chi connectivity index (χ1) is 19.4. The fourth-order valence-electron chi connectivity index (χ4n) is 3.32.